The molecule has 0 amide bonds. The van der Waals surface area contributed by atoms with Gasteiger partial charge >= 0.3 is 0 Å². The fourth-order valence-electron chi connectivity index (χ4n) is 3.40. The highest BCUT2D eigenvalue weighted by atomic mass is 35.5. The van der Waals surface area contributed by atoms with Crippen LogP contribution in [0.15, 0.2) is 48.7 Å². The fourth-order valence-corrected chi connectivity index (χ4v) is 3.40. The van der Waals surface area contributed by atoms with Crippen LogP contribution < -0.4 is 0 Å². The minimum atomic E-state index is 0. The van der Waals surface area contributed by atoms with Crippen LogP contribution in [0.2, 0.25) is 0 Å². The van der Waals surface area contributed by atoms with Gasteiger partial charge in [0.2, 0.25) is 0 Å². The van der Waals surface area contributed by atoms with Crippen molar-refractivity contribution in [1.82, 2.24) is 4.98 Å². The van der Waals surface area contributed by atoms with Crippen LogP contribution >= 0.6 is 12.4 Å². The Morgan fingerprint density at radius 2 is 1.31 bits per heavy atom. The van der Waals surface area contributed by atoms with Gasteiger partial charge in [-0.3, -0.25) is 4.98 Å². The summed E-state index contributed by atoms with van der Waals surface area (Å²) in [6.45, 7) is 2.29. The van der Waals surface area contributed by atoms with E-state index in [1.165, 1.54) is 87.4 Å². The molecule has 0 aliphatic heterocycles. The van der Waals surface area contributed by atoms with Crippen molar-refractivity contribution in [1.29, 1.82) is 0 Å². The highest BCUT2D eigenvalue weighted by molar-refractivity contribution is 5.85. The van der Waals surface area contributed by atoms with Gasteiger partial charge in [-0.25, -0.2) is 0 Å². The molecule has 0 radical (unpaired) electrons. The topological polar surface area (TPSA) is 12.9 Å². The third-order valence-corrected chi connectivity index (χ3v) is 4.93. The minimum absolute atomic E-state index is 0. The molecule has 0 aliphatic rings. The van der Waals surface area contributed by atoms with Crippen molar-refractivity contribution in [3.05, 3.63) is 65.5 Å². The smallest absolute Gasteiger partial charge is 0.0450 e. The summed E-state index contributed by atoms with van der Waals surface area (Å²) >= 11 is 0. The third-order valence-electron chi connectivity index (χ3n) is 4.93. The molecule has 26 heavy (non-hydrogen) atoms. The first-order chi connectivity index (χ1) is 12.4. The van der Waals surface area contributed by atoms with Crippen molar-refractivity contribution in [2.75, 3.05) is 0 Å². The highest BCUT2D eigenvalue weighted by Gasteiger charge is 2.00. The number of hydrogen-bond donors (Lipinski definition) is 0. The Balaban J connectivity index is 0.00000338. The molecule has 2 rings (SSSR count). The summed E-state index contributed by atoms with van der Waals surface area (Å²) in [6, 6.07) is 15.1. The van der Waals surface area contributed by atoms with Crippen LogP contribution in [0.1, 0.15) is 88.0 Å². The van der Waals surface area contributed by atoms with Crippen molar-refractivity contribution >= 4 is 12.4 Å². The summed E-state index contributed by atoms with van der Waals surface area (Å²) in [5.41, 5.74) is 3.97. The number of rotatable bonds is 13. The maximum Gasteiger partial charge on any atom is 0.0450 e. The molecule has 1 aromatic carbocycles. The lowest BCUT2D eigenvalue weighted by Crippen LogP contribution is -1.95. The number of aryl methyl sites for hydroxylation is 1. The summed E-state index contributed by atoms with van der Waals surface area (Å²) in [6.07, 6.45) is 18.1. The molecule has 0 unspecified atom stereocenters. The molecule has 1 heterocycles. The lowest BCUT2D eigenvalue weighted by molar-refractivity contribution is 0.556. The number of unbranched alkanes of at least 4 members (excludes halogenated alkanes) is 9. The Bertz CT molecular complexity index is 567. The number of aromatic nitrogens is 1. The average molecular weight is 374 g/mol. The molecule has 144 valence electrons. The molecule has 0 bridgehead atoms. The standard InChI is InChI=1S/C24H35N.ClH/c1-2-3-4-5-6-7-8-9-10-12-17-23-18-19-25-24(21-23)20-22-15-13-11-14-16-22;/h11,13-16,18-19,21H,2-10,12,17,20H2,1H3;1H. The SMILES string of the molecule is CCCCCCCCCCCCc1ccnc(Cc2ccccc2)c1.Cl. The summed E-state index contributed by atoms with van der Waals surface area (Å²) in [7, 11) is 0. The molecule has 0 N–H and O–H groups in total. The van der Waals surface area contributed by atoms with E-state index in [-0.39, 0.29) is 12.4 Å². The largest absolute Gasteiger partial charge is 0.261 e. The second-order valence-corrected chi connectivity index (χ2v) is 7.25. The van der Waals surface area contributed by atoms with Gasteiger partial charge in [0.05, 0.1) is 0 Å². The van der Waals surface area contributed by atoms with Gasteiger partial charge in [0.1, 0.15) is 0 Å². The van der Waals surface area contributed by atoms with Gasteiger partial charge in [-0.05, 0) is 36.1 Å². The normalized spacial score (nSPS) is 10.5. The van der Waals surface area contributed by atoms with E-state index in [1.54, 1.807) is 0 Å². The maximum absolute atomic E-state index is 4.53. The van der Waals surface area contributed by atoms with E-state index >= 15 is 0 Å². The molecule has 0 saturated heterocycles. The highest BCUT2D eigenvalue weighted by Crippen LogP contribution is 2.14. The monoisotopic (exact) mass is 373 g/mol. The number of pyridine rings is 1. The average Bonchev–Trinajstić information content (AvgIpc) is 2.64. The van der Waals surface area contributed by atoms with Crippen LogP contribution in [0, 0.1) is 0 Å². The van der Waals surface area contributed by atoms with E-state index in [1.807, 2.05) is 6.20 Å². The minimum Gasteiger partial charge on any atom is -0.261 e. The van der Waals surface area contributed by atoms with Crippen LogP contribution in [-0.4, -0.2) is 4.98 Å². The zero-order valence-electron chi connectivity index (χ0n) is 16.5. The van der Waals surface area contributed by atoms with E-state index in [9.17, 15) is 0 Å². The first kappa shape index (κ1) is 22.7. The number of hydrogen-bond acceptors (Lipinski definition) is 1. The van der Waals surface area contributed by atoms with Crippen LogP contribution in [0.5, 0.6) is 0 Å². The molecular weight excluding hydrogens is 338 g/mol. The Labute approximate surface area is 167 Å². The lowest BCUT2D eigenvalue weighted by Gasteiger charge is -2.06. The van der Waals surface area contributed by atoms with Crippen LogP contribution in [0.4, 0.5) is 0 Å². The van der Waals surface area contributed by atoms with Gasteiger partial charge in [-0.1, -0.05) is 95.0 Å². The fraction of sp³-hybridized carbons (Fsp3) is 0.542. The Morgan fingerprint density at radius 3 is 1.96 bits per heavy atom. The van der Waals surface area contributed by atoms with Crippen molar-refractivity contribution in [3.8, 4) is 0 Å². The quantitative estimate of drug-likeness (QED) is 0.330. The molecule has 2 heteroatoms. The number of benzene rings is 1. The zero-order chi connectivity index (χ0) is 17.6. The van der Waals surface area contributed by atoms with Crippen LogP contribution in [-0.2, 0) is 12.8 Å². The van der Waals surface area contributed by atoms with Crippen molar-refractivity contribution in [3.63, 3.8) is 0 Å². The summed E-state index contributed by atoms with van der Waals surface area (Å²) in [5.74, 6) is 0. The second-order valence-electron chi connectivity index (χ2n) is 7.25. The number of nitrogens with zero attached hydrogens (tertiary/aromatic N) is 1. The van der Waals surface area contributed by atoms with Gasteiger partial charge in [0, 0.05) is 18.3 Å². The number of halogens is 1. The van der Waals surface area contributed by atoms with Crippen molar-refractivity contribution in [2.45, 2.75) is 84.0 Å². The van der Waals surface area contributed by atoms with Gasteiger partial charge in [0.15, 0.2) is 0 Å². The first-order valence-corrected chi connectivity index (χ1v) is 10.4. The van der Waals surface area contributed by atoms with E-state index in [0.29, 0.717) is 0 Å². The molecule has 0 atom stereocenters. The summed E-state index contributed by atoms with van der Waals surface area (Å²) in [4.78, 5) is 4.53. The molecular formula is C24H36ClN. The molecule has 1 aromatic heterocycles. The van der Waals surface area contributed by atoms with E-state index in [0.717, 1.165) is 6.42 Å². The van der Waals surface area contributed by atoms with Crippen LogP contribution in [0.25, 0.3) is 0 Å². The van der Waals surface area contributed by atoms with Gasteiger partial charge in [-0.15, -0.1) is 12.4 Å². The molecule has 0 aliphatic carbocycles. The third kappa shape index (κ3) is 9.97. The maximum atomic E-state index is 4.53. The van der Waals surface area contributed by atoms with Gasteiger partial charge < -0.3 is 0 Å². The van der Waals surface area contributed by atoms with E-state index in [4.69, 9.17) is 0 Å². The summed E-state index contributed by atoms with van der Waals surface area (Å²) < 4.78 is 0. The predicted molar refractivity (Wildman–Crippen MR) is 116 cm³/mol. The zero-order valence-corrected chi connectivity index (χ0v) is 17.3. The Kier molecular flexibility index (Phi) is 12.9. The molecule has 0 spiro atoms. The van der Waals surface area contributed by atoms with Gasteiger partial charge in [0.25, 0.3) is 0 Å². The molecule has 2 aromatic rings. The summed E-state index contributed by atoms with van der Waals surface area (Å²) in [5, 5.41) is 0. The van der Waals surface area contributed by atoms with E-state index in [2.05, 4.69) is 54.4 Å². The van der Waals surface area contributed by atoms with E-state index < -0.39 is 0 Å². The first-order valence-electron chi connectivity index (χ1n) is 10.4. The lowest BCUT2D eigenvalue weighted by atomic mass is 10.0. The molecule has 1 nitrogen and oxygen atoms in total. The molecule has 0 fully saturated rings. The van der Waals surface area contributed by atoms with Crippen LogP contribution in [0.3, 0.4) is 0 Å². The second kappa shape index (κ2) is 14.8. The molecule has 0 saturated carbocycles. The predicted octanol–water partition coefficient (Wildman–Crippen LogP) is 7.56. The van der Waals surface area contributed by atoms with Crippen molar-refractivity contribution in [2.24, 2.45) is 0 Å². The van der Waals surface area contributed by atoms with Crippen molar-refractivity contribution < 1.29 is 0 Å². The Morgan fingerprint density at radius 1 is 0.692 bits per heavy atom. The van der Waals surface area contributed by atoms with Gasteiger partial charge in [-0.2, -0.15) is 0 Å². The Hall–Kier alpha value is -1.34.